The molecule has 0 spiro atoms. The highest BCUT2D eigenvalue weighted by molar-refractivity contribution is 5.75. The maximum atomic E-state index is 11.4. The summed E-state index contributed by atoms with van der Waals surface area (Å²) in [6.07, 6.45) is 1.64. The summed E-state index contributed by atoms with van der Waals surface area (Å²) in [5, 5.41) is 3.51. The van der Waals surface area contributed by atoms with Crippen molar-refractivity contribution < 1.29 is 4.79 Å². The van der Waals surface area contributed by atoms with Gasteiger partial charge in [-0.05, 0) is 26.8 Å². The molecule has 0 bridgehead atoms. The van der Waals surface area contributed by atoms with Crippen LogP contribution in [0.4, 0.5) is 0 Å². The van der Waals surface area contributed by atoms with E-state index in [0.29, 0.717) is 18.5 Å². The third-order valence-corrected chi connectivity index (χ3v) is 3.00. The molecular weight excluding hydrogens is 202 g/mol. The number of rotatable bonds is 4. The number of carbonyl (C=O) groups excluding carboxylic acids is 1. The fourth-order valence-corrected chi connectivity index (χ4v) is 2.30. The Hall–Kier alpha value is -0.610. The second-order valence-corrected chi connectivity index (χ2v) is 5.12. The van der Waals surface area contributed by atoms with E-state index in [0.717, 1.165) is 26.1 Å². The Morgan fingerprint density at radius 2 is 1.88 bits per heavy atom. The molecular formula is C12H25N3O. The van der Waals surface area contributed by atoms with Crippen LogP contribution in [0.1, 0.15) is 26.7 Å². The second kappa shape index (κ2) is 6.21. The third-order valence-electron chi connectivity index (χ3n) is 3.00. The lowest BCUT2D eigenvalue weighted by atomic mass is 10.1. The first-order valence-corrected chi connectivity index (χ1v) is 6.17. The van der Waals surface area contributed by atoms with Crippen LogP contribution in [0.15, 0.2) is 0 Å². The predicted molar refractivity (Wildman–Crippen MR) is 66.4 cm³/mol. The first-order valence-electron chi connectivity index (χ1n) is 6.17. The van der Waals surface area contributed by atoms with Gasteiger partial charge in [0.05, 0.1) is 0 Å². The van der Waals surface area contributed by atoms with Crippen LogP contribution in [0.5, 0.6) is 0 Å². The third kappa shape index (κ3) is 4.49. The Bertz CT molecular complexity index is 220. The molecule has 16 heavy (non-hydrogen) atoms. The van der Waals surface area contributed by atoms with Crippen molar-refractivity contribution >= 4 is 5.91 Å². The minimum Gasteiger partial charge on any atom is -0.349 e. The number of hydrogen-bond donors (Lipinski definition) is 1. The zero-order valence-corrected chi connectivity index (χ0v) is 11.0. The van der Waals surface area contributed by atoms with Crippen molar-refractivity contribution in [3.05, 3.63) is 0 Å². The molecule has 1 aliphatic heterocycles. The predicted octanol–water partition coefficient (Wildman–Crippen LogP) is 0.537. The van der Waals surface area contributed by atoms with Gasteiger partial charge in [-0.1, -0.05) is 0 Å². The standard InChI is InChI=1S/C12H25N3O/c1-10-8-15(9-11(2)13-10)7-5-6-12(16)14(3)4/h10-11,13H,5-9H2,1-4H3. The number of piperazine rings is 1. The zero-order valence-electron chi connectivity index (χ0n) is 11.0. The summed E-state index contributed by atoms with van der Waals surface area (Å²) in [5.41, 5.74) is 0. The van der Waals surface area contributed by atoms with Gasteiger partial charge in [-0.15, -0.1) is 0 Å². The van der Waals surface area contributed by atoms with Gasteiger partial charge in [0.1, 0.15) is 0 Å². The van der Waals surface area contributed by atoms with Crippen LogP contribution >= 0.6 is 0 Å². The van der Waals surface area contributed by atoms with E-state index >= 15 is 0 Å². The highest BCUT2D eigenvalue weighted by Crippen LogP contribution is 2.06. The van der Waals surface area contributed by atoms with E-state index in [2.05, 4.69) is 24.1 Å². The summed E-state index contributed by atoms with van der Waals surface area (Å²) in [4.78, 5) is 15.5. The smallest absolute Gasteiger partial charge is 0.222 e. The van der Waals surface area contributed by atoms with Crippen molar-refractivity contribution in [3.63, 3.8) is 0 Å². The highest BCUT2D eigenvalue weighted by Gasteiger charge is 2.20. The lowest BCUT2D eigenvalue weighted by Gasteiger charge is -2.36. The molecule has 2 unspecified atom stereocenters. The van der Waals surface area contributed by atoms with E-state index in [1.165, 1.54) is 0 Å². The minimum atomic E-state index is 0.233. The van der Waals surface area contributed by atoms with Crippen LogP contribution in [-0.4, -0.2) is 61.5 Å². The Kier molecular flexibility index (Phi) is 5.22. The van der Waals surface area contributed by atoms with Gasteiger partial charge >= 0.3 is 0 Å². The largest absolute Gasteiger partial charge is 0.349 e. The van der Waals surface area contributed by atoms with Crippen molar-refractivity contribution in [1.82, 2.24) is 15.1 Å². The molecule has 1 N–H and O–H groups in total. The van der Waals surface area contributed by atoms with E-state index in [4.69, 9.17) is 0 Å². The van der Waals surface area contributed by atoms with Crippen LogP contribution in [0.2, 0.25) is 0 Å². The lowest BCUT2D eigenvalue weighted by Crippen LogP contribution is -2.54. The Balaban J connectivity index is 2.20. The molecule has 0 aromatic heterocycles. The van der Waals surface area contributed by atoms with Crippen LogP contribution in [0.25, 0.3) is 0 Å². The molecule has 2 atom stereocenters. The molecule has 0 aromatic rings. The van der Waals surface area contributed by atoms with Crippen LogP contribution in [0, 0.1) is 0 Å². The number of hydrogen-bond acceptors (Lipinski definition) is 3. The molecule has 0 aromatic carbocycles. The van der Waals surface area contributed by atoms with Gasteiger partial charge in [0.15, 0.2) is 0 Å². The van der Waals surface area contributed by atoms with E-state index in [1.54, 1.807) is 4.90 Å². The molecule has 4 nitrogen and oxygen atoms in total. The Morgan fingerprint density at radius 3 is 2.38 bits per heavy atom. The Morgan fingerprint density at radius 1 is 1.31 bits per heavy atom. The summed E-state index contributed by atoms with van der Waals surface area (Å²) in [6, 6.07) is 1.13. The van der Waals surface area contributed by atoms with Gasteiger partial charge in [-0.25, -0.2) is 0 Å². The molecule has 0 radical (unpaired) electrons. The van der Waals surface area contributed by atoms with Gasteiger partial charge in [-0.2, -0.15) is 0 Å². The van der Waals surface area contributed by atoms with Gasteiger partial charge in [0.2, 0.25) is 5.91 Å². The SMILES string of the molecule is CC1CN(CCCC(=O)N(C)C)CC(C)N1. The second-order valence-electron chi connectivity index (χ2n) is 5.12. The summed E-state index contributed by atoms with van der Waals surface area (Å²) >= 11 is 0. The first kappa shape index (κ1) is 13.5. The minimum absolute atomic E-state index is 0.233. The van der Waals surface area contributed by atoms with Gasteiger partial charge in [0.25, 0.3) is 0 Å². The summed E-state index contributed by atoms with van der Waals surface area (Å²) in [6.45, 7) is 7.66. The molecule has 1 aliphatic rings. The summed E-state index contributed by atoms with van der Waals surface area (Å²) < 4.78 is 0. The molecule has 94 valence electrons. The number of nitrogens with zero attached hydrogens (tertiary/aromatic N) is 2. The number of carbonyl (C=O) groups is 1. The number of nitrogens with one attached hydrogen (secondary N) is 1. The van der Waals surface area contributed by atoms with Crippen LogP contribution in [-0.2, 0) is 4.79 Å². The first-order chi connectivity index (χ1) is 7.49. The number of amides is 1. The Labute approximate surface area is 99.0 Å². The fourth-order valence-electron chi connectivity index (χ4n) is 2.30. The molecule has 1 rings (SSSR count). The quantitative estimate of drug-likeness (QED) is 0.761. The van der Waals surface area contributed by atoms with E-state index < -0.39 is 0 Å². The zero-order chi connectivity index (χ0) is 12.1. The fraction of sp³-hybridized carbons (Fsp3) is 0.917. The summed E-state index contributed by atoms with van der Waals surface area (Å²) in [5.74, 6) is 0.233. The molecule has 1 saturated heterocycles. The normalized spacial score (nSPS) is 26.8. The van der Waals surface area contributed by atoms with E-state index in [-0.39, 0.29) is 5.91 Å². The molecule has 1 heterocycles. The molecule has 0 saturated carbocycles. The maximum absolute atomic E-state index is 11.4. The van der Waals surface area contributed by atoms with Crippen molar-refractivity contribution in [2.45, 2.75) is 38.8 Å². The van der Waals surface area contributed by atoms with Gasteiger partial charge < -0.3 is 15.1 Å². The van der Waals surface area contributed by atoms with E-state index in [1.807, 2.05) is 14.1 Å². The highest BCUT2D eigenvalue weighted by atomic mass is 16.2. The molecule has 1 fully saturated rings. The van der Waals surface area contributed by atoms with Crippen molar-refractivity contribution in [2.24, 2.45) is 0 Å². The molecule has 1 amide bonds. The average Bonchev–Trinajstić information content (AvgIpc) is 2.15. The van der Waals surface area contributed by atoms with Gasteiger partial charge in [-0.3, -0.25) is 4.79 Å². The monoisotopic (exact) mass is 227 g/mol. The molecule has 0 aliphatic carbocycles. The van der Waals surface area contributed by atoms with E-state index in [9.17, 15) is 4.79 Å². The van der Waals surface area contributed by atoms with Gasteiger partial charge in [0, 0.05) is 45.7 Å². The summed E-state index contributed by atoms with van der Waals surface area (Å²) in [7, 11) is 3.63. The molecule has 4 heteroatoms. The van der Waals surface area contributed by atoms with Crippen molar-refractivity contribution in [3.8, 4) is 0 Å². The van der Waals surface area contributed by atoms with Crippen LogP contribution < -0.4 is 5.32 Å². The topological polar surface area (TPSA) is 35.6 Å². The maximum Gasteiger partial charge on any atom is 0.222 e. The van der Waals surface area contributed by atoms with Crippen molar-refractivity contribution in [1.29, 1.82) is 0 Å². The lowest BCUT2D eigenvalue weighted by molar-refractivity contribution is -0.128. The van der Waals surface area contributed by atoms with Crippen molar-refractivity contribution in [2.75, 3.05) is 33.7 Å². The van der Waals surface area contributed by atoms with Crippen LogP contribution in [0.3, 0.4) is 0 Å². The average molecular weight is 227 g/mol.